The van der Waals surface area contributed by atoms with E-state index in [-0.39, 0.29) is 11.4 Å². The van der Waals surface area contributed by atoms with Crippen molar-refractivity contribution in [1.29, 1.82) is 0 Å². The molecule has 106 valence electrons. The molecule has 0 radical (unpaired) electrons. The molecule has 1 saturated carbocycles. The van der Waals surface area contributed by atoms with Gasteiger partial charge >= 0.3 is 0 Å². The van der Waals surface area contributed by atoms with Crippen LogP contribution in [0, 0.1) is 0 Å². The number of benzene rings is 1. The minimum atomic E-state index is -3.39. The third-order valence-corrected chi connectivity index (χ3v) is 4.99. The molecular formula is C13H20N2O3S. The number of hydrogen-bond donors (Lipinski definition) is 2. The Morgan fingerprint density at radius 1 is 1.37 bits per heavy atom. The van der Waals surface area contributed by atoms with Gasteiger partial charge in [-0.1, -0.05) is 18.2 Å². The second-order valence-corrected chi connectivity index (χ2v) is 6.83. The molecule has 6 heteroatoms. The third kappa shape index (κ3) is 3.46. The first-order chi connectivity index (χ1) is 8.96. The van der Waals surface area contributed by atoms with Crippen LogP contribution in [-0.2, 0) is 20.5 Å². The average molecular weight is 284 g/mol. The Morgan fingerprint density at radius 3 is 2.58 bits per heavy atom. The van der Waals surface area contributed by atoms with E-state index < -0.39 is 10.0 Å². The predicted octanol–water partition coefficient (Wildman–Crippen LogP) is 1.26. The van der Waals surface area contributed by atoms with Crippen LogP contribution in [0.15, 0.2) is 24.3 Å². The van der Waals surface area contributed by atoms with E-state index >= 15 is 0 Å². The minimum Gasteiger partial charge on any atom is -0.398 e. The Labute approximate surface area is 114 Å². The van der Waals surface area contributed by atoms with Crippen molar-refractivity contribution in [3.05, 3.63) is 29.8 Å². The topological polar surface area (TPSA) is 81.4 Å². The lowest BCUT2D eigenvalue weighted by Crippen LogP contribution is -2.49. The van der Waals surface area contributed by atoms with Gasteiger partial charge < -0.3 is 10.5 Å². The highest BCUT2D eigenvalue weighted by Gasteiger charge is 2.37. The smallest absolute Gasteiger partial charge is 0.215 e. The Hall–Kier alpha value is -1.11. The largest absolute Gasteiger partial charge is 0.398 e. The molecule has 3 N–H and O–H groups in total. The lowest BCUT2D eigenvalue weighted by atomic mass is 9.80. The summed E-state index contributed by atoms with van der Waals surface area (Å²) in [5, 5.41) is 0. The first kappa shape index (κ1) is 14.3. The molecular weight excluding hydrogens is 264 g/mol. The zero-order valence-electron chi connectivity index (χ0n) is 11.1. The second-order valence-electron chi connectivity index (χ2n) is 5.02. The van der Waals surface area contributed by atoms with Gasteiger partial charge in [-0.05, 0) is 30.9 Å². The summed E-state index contributed by atoms with van der Waals surface area (Å²) in [6.45, 7) is 0.332. The van der Waals surface area contributed by atoms with Crippen LogP contribution in [0.1, 0.15) is 24.8 Å². The lowest BCUT2D eigenvalue weighted by Gasteiger charge is -2.40. The monoisotopic (exact) mass is 284 g/mol. The van der Waals surface area contributed by atoms with Gasteiger partial charge in [0, 0.05) is 19.3 Å². The number of ether oxygens (including phenoxy) is 1. The Morgan fingerprint density at radius 2 is 2.05 bits per heavy atom. The molecule has 0 unspecified atom stereocenters. The fraction of sp³-hybridized carbons (Fsp3) is 0.538. The maximum Gasteiger partial charge on any atom is 0.215 e. The molecule has 0 amide bonds. The molecule has 0 heterocycles. The summed E-state index contributed by atoms with van der Waals surface area (Å²) in [7, 11) is -1.76. The number of nitrogen functional groups attached to an aromatic ring is 1. The molecule has 1 aliphatic carbocycles. The van der Waals surface area contributed by atoms with E-state index in [1.807, 2.05) is 0 Å². The van der Waals surface area contributed by atoms with Crippen molar-refractivity contribution in [1.82, 2.24) is 4.72 Å². The molecule has 0 saturated heterocycles. The highest BCUT2D eigenvalue weighted by Crippen LogP contribution is 2.34. The zero-order valence-corrected chi connectivity index (χ0v) is 11.9. The zero-order chi connectivity index (χ0) is 13.9. The Kier molecular flexibility index (Phi) is 4.13. The predicted molar refractivity (Wildman–Crippen MR) is 75.1 cm³/mol. The summed E-state index contributed by atoms with van der Waals surface area (Å²) in [4.78, 5) is 0. The molecule has 1 aromatic rings. The normalized spacial score (nSPS) is 17.9. The molecule has 0 aromatic heterocycles. The fourth-order valence-corrected chi connectivity index (χ4v) is 3.44. The van der Waals surface area contributed by atoms with E-state index in [1.54, 1.807) is 31.4 Å². The highest BCUT2D eigenvalue weighted by molar-refractivity contribution is 7.88. The first-order valence-corrected chi connectivity index (χ1v) is 7.97. The molecule has 19 heavy (non-hydrogen) atoms. The van der Waals surface area contributed by atoms with Crippen LogP contribution in [0.2, 0.25) is 0 Å². The van der Waals surface area contributed by atoms with Gasteiger partial charge in [-0.2, -0.15) is 0 Å². The van der Waals surface area contributed by atoms with Crippen LogP contribution in [-0.4, -0.2) is 27.7 Å². The van der Waals surface area contributed by atoms with E-state index in [0.29, 0.717) is 17.8 Å². The molecule has 0 bridgehead atoms. The van der Waals surface area contributed by atoms with E-state index in [0.717, 1.165) is 19.3 Å². The van der Waals surface area contributed by atoms with Gasteiger partial charge in [0.05, 0.1) is 11.4 Å². The first-order valence-electron chi connectivity index (χ1n) is 6.32. The summed E-state index contributed by atoms with van der Waals surface area (Å²) in [5.41, 5.74) is 6.56. The van der Waals surface area contributed by atoms with Gasteiger partial charge in [0.25, 0.3) is 0 Å². The second kappa shape index (κ2) is 5.48. The van der Waals surface area contributed by atoms with Gasteiger partial charge in [0.1, 0.15) is 0 Å². The molecule has 0 spiro atoms. The maximum atomic E-state index is 12.0. The number of nitrogens with one attached hydrogen (secondary N) is 1. The summed E-state index contributed by atoms with van der Waals surface area (Å²) in [6.07, 6.45) is 2.89. The standard InChI is InChI=1S/C13H20N2O3S/c1-18-13(7-4-8-13)10-15-19(16,17)9-11-5-2-3-6-12(11)14/h2-3,5-6,15H,4,7-10,14H2,1H3. The summed E-state index contributed by atoms with van der Waals surface area (Å²) in [6, 6.07) is 6.99. The fourth-order valence-electron chi connectivity index (χ4n) is 2.19. The summed E-state index contributed by atoms with van der Waals surface area (Å²) < 4.78 is 32.1. The van der Waals surface area contributed by atoms with Gasteiger partial charge in [-0.25, -0.2) is 13.1 Å². The van der Waals surface area contributed by atoms with Gasteiger partial charge in [-0.15, -0.1) is 0 Å². The molecule has 0 atom stereocenters. The molecule has 1 aromatic carbocycles. The minimum absolute atomic E-state index is 0.0978. The van der Waals surface area contributed by atoms with Crippen LogP contribution in [0.4, 0.5) is 5.69 Å². The molecule has 1 fully saturated rings. The van der Waals surface area contributed by atoms with Crippen LogP contribution < -0.4 is 10.5 Å². The van der Waals surface area contributed by atoms with E-state index in [9.17, 15) is 8.42 Å². The lowest BCUT2D eigenvalue weighted by molar-refractivity contribution is -0.0659. The van der Waals surface area contributed by atoms with Crippen LogP contribution in [0.5, 0.6) is 0 Å². The number of anilines is 1. The SMILES string of the molecule is COC1(CNS(=O)(=O)Cc2ccccc2N)CCC1. The highest BCUT2D eigenvalue weighted by atomic mass is 32.2. The van der Waals surface area contributed by atoms with Crippen molar-refractivity contribution < 1.29 is 13.2 Å². The van der Waals surface area contributed by atoms with Crippen molar-refractivity contribution in [3.8, 4) is 0 Å². The van der Waals surface area contributed by atoms with Crippen LogP contribution in [0.25, 0.3) is 0 Å². The Bertz CT molecular complexity index is 533. The quantitative estimate of drug-likeness (QED) is 0.771. The summed E-state index contributed by atoms with van der Waals surface area (Å²) >= 11 is 0. The number of sulfonamides is 1. The van der Waals surface area contributed by atoms with Crippen molar-refractivity contribution in [2.75, 3.05) is 19.4 Å². The number of methoxy groups -OCH3 is 1. The van der Waals surface area contributed by atoms with Crippen LogP contribution in [0.3, 0.4) is 0 Å². The number of para-hydroxylation sites is 1. The molecule has 5 nitrogen and oxygen atoms in total. The van der Waals surface area contributed by atoms with E-state index in [4.69, 9.17) is 10.5 Å². The third-order valence-electron chi connectivity index (χ3n) is 3.71. The van der Waals surface area contributed by atoms with Crippen molar-refractivity contribution >= 4 is 15.7 Å². The van der Waals surface area contributed by atoms with Crippen LogP contribution >= 0.6 is 0 Å². The van der Waals surface area contributed by atoms with E-state index in [1.165, 1.54) is 0 Å². The van der Waals surface area contributed by atoms with Crippen molar-refractivity contribution in [3.63, 3.8) is 0 Å². The Balaban J connectivity index is 1.98. The average Bonchev–Trinajstić information content (AvgIpc) is 2.31. The van der Waals surface area contributed by atoms with E-state index in [2.05, 4.69) is 4.72 Å². The molecule has 1 aliphatic rings. The number of nitrogens with two attached hydrogens (primary N) is 1. The number of rotatable bonds is 6. The molecule has 2 rings (SSSR count). The summed E-state index contributed by atoms with van der Waals surface area (Å²) in [5.74, 6) is -0.0978. The van der Waals surface area contributed by atoms with Crippen molar-refractivity contribution in [2.45, 2.75) is 30.6 Å². The van der Waals surface area contributed by atoms with Gasteiger partial charge in [0.15, 0.2) is 0 Å². The maximum absolute atomic E-state index is 12.0. The molecule has 0 aliphatic heterocycles. The van der Waals surface area contributed by atoms with Gasteiger partial charge in [-0.3, -0.25) is 0 Å². The number of hydrogen-bond acceptors (Lipinski definition) is 4. The van der Waals surface area contributed by atoms with Crippen molar-refractivity contribution in [2.24, 2.45) is 0 Å². The van der Waals surface area contributed by atoms with Gasteiger partial charge in [0.2, 0.25) is 10.0 Å².